The zero-order chi connectivity index (χ0) is 13.9. The SMILES string of the molecule is CNc1cc(C#C[Si](C)(C)C)cc(C(=O)O)c1C. The summed E-state index contributed by atoms with van der Waals surface area (Å²) in [5.41, 5.74) is 5.86. The van der Waals surface area contributed by atoms with Gasteiger partial charge in [-0.3, -0.25) is 0 Å². The van der Waals surface area contributed by atoms with E-state index in [0.29, 0.717) is 5.56 Å². The number of hydrogen-bond donors (Lipinski definition) is 2. The minimum atomic E-state index is -1.45. The van der Waals surface area contributed by atoms with Gasteiger partial charge in [0.05, 0.1) is 5.56 Å². The molecule has 0 spiro atoms. The lowest BCUT2D eigenvalue weighted by Gasteiger charge is -2.10. The minimum absolute atomic E-state index is 0.307. The van der Waals surface area contributed by atoms with Gasteiger partial charge in [0, 0.05) is 18.3 Å². The van der Waals surface area contributed by atoms with Crippen LogP contribution in [0.4, 0.5) is 5.69 Å². The number of anilines is 1. The summed E-state index contributed by atoms with van der Waals surface area (Å²) in [4.78, 5) is 11.2. The van der Waals surface area contributed by atoms with Crippen LogP contribution in [0.2, 0.25) is 19.6 Å². The lowest BCUT2D eigenvalue weighted by Crippen LogP contribution is -2.16. The molecule has 0 saturated heterocycles. The standard InChI is InChI=1S/C14H19NO2Si/c1-10-12(14(16)17)8-11(9-13(10)15-2)6-7-18(3,4)5/h8-9,15H,1-5H3,(H,16,17). The van der Waals surface area contributed by atoms with Gasteiger partial charge in [-0.05, 0) is 24.6 Å². The van der Waals surface area contributed by atoms with Crippen LogP contribution in [0.1, 0.15) is 21.5 Å². The summed E-state index contributed by atoms with van der Waals surface area (Å²) in [7, 11) is 0.327. The molecule has 1 aromatic rings. The second-order valence-electron chi connectivity index (χ2n) is 5.25. The topological polar surface area (TPSA) is 49.3 Å². The molecule has 0 aliphatic rings. The molecule has 0 bridgehead atoms. The maximum Gasteiger partial charge on any atom is 0.336 e. The Balaban J connectivity index is 3.34. The van der Waals surface area contributed by atoms with Gasteiger partial charge in [-0.25, -0.2) is 4.79 Å². The van der Waals surface area contributed by atoms with E-state index in [1.807, 2.05) is 6.07 Å². The molecule has 1 rings (SSSR count). The zero-order valence-electron chi connectivity index (χ0n) is 11.5. The molecule has 0 unspecified atom stereocenters. The highest BCUT2D eigenvalue weighted by atomic mass is 28.3. The molecule has 1 aromatic carbocycles. The second-order valence-corrected chi connectivity index (χ2v) is 10.0. The highest BCUT2D eigenvalue weighted by Gasteiger charge is 2.12. The summed E-state index contributed by atoms with van der Waals surface area (Å²) in [6, 6.07) is 3.54. The van der Waals surface area contributed by atoms with Crippen molar-refractivity contribution >= 4 is 19.7 Å². The fourth-order valence-electron chi connectivity index (χ4n) is 1.53. The molecule has 2 N–H and O–H groups in total. The smallest absolute Gasteiger partial charge is 0.336 e. The normalized spacial score (nSPS) is 10.5. The van der Waals surface area contributed by atoms with Crippen LogP contribution in [0.3, 0.4) is 0 Å². The summed E-state index contributed by atoms with van der Waals surface area (Å²) in [6.45, 7) is 8.27. The number of aromatic carboxylic acids is 1. The third-order valence-electron chi connectivity index (χ3n) is 2.49. The molecule has 0 atom stereocenters. The van der Waals surface area contributed by atoms with Crippen molar-refractivity contribution in [2.45, 2.75) is 26.6 Å². The summed E-state index contributed by atoms with van der Waals surface area (Å²) in [5, 5.41) is 12.2. The van der Waals surface area contributed by atoms with Crippen LogP contribution in [0.15, 0.2) is 12.1 Å². The molecule has 0 aliphatic heterocycles. The molecule has 0 saturated carbocycles. The lowest BCUT2D eigenvalue weighted by atomic mass is 10.0. The van der Waals surface area contributed by atoms with Crippen LogP contribution in [0.25, 0.3) is 0 Å². The predicted molar refractivity (Wildman–Crippen MR) is 77.9 cm³/mol. The Morgan fingerprint density at radius 1 is 1.33 bits per heavy atom. The van der Waals surface area contributed by atoms with E-state index < -0.39 is 14.0 Å². The van der Waals surface area contributed by atoms with Crippen LogP contribution >= 0.6 is 0 Å². The Labute approximate surface area is 109 Å². The molecule has 0 amide bonds. The Hall–Kier alpha value is -1.73. The fraction of sp³-hybridized carbons (Fsp3) is 0.357. The summed E-state index contributed by atoms with van der Waals surface area (Å²) < 4.78 is 0. The zero-order valence-corrected chi connectivity index (χ0v) is 12.5. The van der Waals surface area contributed by atoms with E-state index in [4.69, 9.17) is 0 Å². The second kappa shape index (κ2) is 5.28. The molecule has 18 heavy (non-hydrogen) atoms. The fourth-order valence-corrected chi connectivity index (χ4v) is 2.05. The van der Waals surface area contributed by atoms with Gasteiger partial charge in [0.25, 0.3) is 0 Å². The number of carboxylic acids is 1. The maximum absolute atomic E-state index is 11.2. The molecule has 3 nitrogen and oxygen atoms in total. The molecule has 0 heterocycles. The number of carboxylic acid groups (broad SMARTS) is 1. The predicted octanol–water partition coefficient (Wildman–Crippen LogP) is 2.96. The number of hydrogen-bond acceptors (Lipinski definition) is 2. The first kappa shape index (κ1) is 14.3. The van der Waals surface area contributed by atoms with Gasteiger partial charge < -0.3 is 10.4 Å². The van der Waals surface area contributed by atoms with Gasteiger partial charge in [0.15, 0.2) is 0 Å². The Bertz CT molecular complexity index is 533. The Morgan fingerprint density at radius 3 is 2.39 bits per heavy atom. The van der Waals surface area contributed by atoms with Crippen molar-refractivity contribution in [1.29, 1.82) is 0 Å². The molecule has 96 valence electrons. The first-order valence-corrected chi connectivity index (χ1v) is 9.33. The van der Waals surface area contributed by atoms with E-state index in [1.54, 1.807) is 20.0 Å². The van der Waals surface area contributed by atoms with Gasteiger partial charge in [0.2, 0.25) is 0 Å². The van der Waals surface area contributed by atoms with Crippen LogP contribution in [0, 0.1) is 18.4 Å². The van der Waals surface area contributed by atoms with E-state index in [9.17, 15) is 9.90 Å². The van der Waals surface area contributed by atoms with Crippen molar-refractivity contribution in [3.05, 3.63) is 28.8 Å². The Morgan fingerprint density at radius 2 is 1.94 bits per heavy atom. The van der Waals surface area contributed by atoms with Crippen molar-refractivity contribution < 1.29 is 9.90 Å². The van der Waals surface area contributed by atoms with Gasteiger partial charge in [-0.15, -0.1) is 5.54 Å². The number of carbonyl (C=O) groups is 1. The van der Waals surface area contributed by atoms with E-state index in [0.717, 1.165) is 16.8 Å². The highest BCUT2D eigenvalue weighted by Crippen LogP contribution is 2.21. The van der Waals surface area contributed by atoms with Crippen molar-refractivity contribution in [2.75, 3.05) is 12.4 Å². The van der Waals surface area contributed by atoms with E-state index in [1.165, 1.54) is 0 Å². The average Bonchev–Trinajstić information content (AvgIpc) is 2.26. The minimum Gasteiger partial charge on any atom is -0.478 e. The van der Waals surface area contributed by atoms with E-state index in [2.05, 4.69) is 36.4 Å². The maximum atomic E-state index is 11.2. The molecular formula is C14H19NO2Si. The van der Waals surface area contributed by atoms with Gasteiger partial charge in [-0.1, -0.05) is 25.6 Å². The molecule has 4 heteroatoms. The average molecular weight is 261 g/mol. The van der Waals surface area contributed by atoms with Crippen LogP contribution < -0.4 is 5.32 Å². The number of nitrogens with one attached hydrogen (secondary N) is 1. The van der Waals surface area contributed by atoms with Crippen LogP contribution in [-0.2, 0) is 0 Å². The Kier molecular flexibility index (Phi) is 4.20. The largest absolute Gasteiger partial charge is 0.478 e. The van der Waals surface area contributed by atoms with Gasteiger partial charge in [-0.2, -0.15) is 0 Å². The highest BCUT2D eigenvalue weighted by molar-refractivity contribution is 6.83. The van der Waals surface area contributed by atoms with Crippen molar-refractivity contribution in [3.63, 3.8) is 0 Å². The van der Waals surface area contributed by atoms with Crippen molar-refractivity contribution in [1.82, 2.24) is 0 Å². The third-order valence-corrected chi connectivity index (χ3v) is 3.36. The molecule has 0 radical (unpaired) electrons. The summed E-state index contributed by atoms with van der Waals surface area (Å²) in [6.07, 6.45) is 0. The van der Waals surface area contributed by atoms with Gasteiger partial charge in [0.1, 0.15) is 8.07 Å². The van der Waals surface area contributed by atoms with Crippen LogP contribution in [-0.4, -0.2) is 26.2 Å². The molecule has 0 aliphatic carbocycles. The summed E-state index contributed by atoms with van der Waals surface area (Å²) >= 11 is 0. The van der Waals surface area contributed by atoms with Gasteiger partial charge >= 0.3 is 5.97 Å². The number of benzene rings is 1. The molecule has 0 aromatic heterocycles. The quantitative estimate of drug-likeness (QED) is 0.635. The van der Waals surface area contributed by atoms with E-state index >= 15 is 0 Å². The van der Waals surface area contributed by atoms with Crippen LogP contribution in [0.5, 0.6) is 0 Å². The summed E-state index contributed by atoms with van der Waals surface area (Å²) in [5.74, 6) is 2.17. The first-order chi connectivity index (χ1) is 8.24. The molecular weight excluding hydrogens is 242 g/mol. The first-order valence-electron chi connectivity index (χ1n) is 5.83. The lowest BCUT2D eigenvalue weighted by molar-refractivity contribution is 0.0696. The number of rotatable bonds is 2. The van der Waals surface area contributed by atoms with Crippen molar-refractivity contribution in [2.24, 2.45) is 0 Å². The van der Waals surface area contributed by atoms with E-state index in [-0.39, 0.29) is 0 Å². The van der Waals surface area contributed by atoms with Crippen molar-refractivity contribution in [3.8, 4) is 11.5 Å². The molecule has 0 fully saturated rings. The monoisotopic (exact) mass is 261 g/mol. The third kappa shape index (κ3) is 3.64.